The highest BCUT2D eigenvalue weighted by molar-refractivity contribution is 5.96. The lowest BCUT2D eigenvalue weighted by Crippen LogP contribution is -1.82. The maximum absolute atomic E-state index is 2.24. The molecule has 0 radical (unpaired) electrons. The van der Waals surface area contributed by atoms with Gasteiger partial charge in [-0.3, -0.25) is 0 Å². The molecule has 3 rings (SSSR count). The summed E-state index contributed by atoms with van der Waals surface area (Å²) < 4.78 is 0. The lowest BCUT2D eigenvalue weighted by atomic mass is 9.97. The van der Waals surface area contributed by atoms with E-state index < -0.39 is 0 Å². The van der Waals surface area contributed by atoms with E-state index in [1.807, 2.05) is 0 Å². The molecule has 0 aliphatic carbocycles. The van der Waals surface area contributed by atoms with Gasteiger partial charge in [0.1, 0.15) is 0 Å². The molecule has 0 unspecified atom stereocenters. The molecule has 0 heteroatoms. The molecule has 0 aromatic heterocycles. The van der Waals surface area contributed by atoms with Crippen LogP contribution in [0.5, 0.6) is 0 Å². The highest BCUT2D eigenvalue weighted by Gasteiger charge is 2.02. The fourth-order valence-electron chi connectivity index (χ4n) is 2.29. The summed E-state index contributed by atoms with van der Waals surface area (Å²) in [7, 11) is 0. The number of rotatable bonds is 1. The molecule has 0 bridgehead atoms. The molecule has 0 aliphatic rings. The van der Waals surface area contributed by atoms with Gasteiger partial charge < -0.3 is 0 Å². The van der Waals surface area contributed by atoms with E-state index in [1.165, 1.54) is 27.5 Å². The lowest BCUT2D eigenvalue weighted by Gasteiger charge is -2.07. The van der Waals surface area contributed by atoms with Gasteiger partial charge in [-0.1, -0.05) is 72.3 Å². The molecular formula is C17H14. The molecule has 0 fully saturated rings. The number of benzene rings is 3. The second kappa shape index (κ2) is 4.06. The summed E-state index contributed by atoms with van der Waals surface area (Å²) in [6.45, 7) is 2.13. The molecule has 0 saturated carbocycles. The molecule has 3 aromatic rings. The van der Waals surface area contributed by atoms with Crippen LogP contribution in [0, 0.1) is 6.92 Å². The minimum atomic E-state index is 1.29. The summed E-state index contributed by atoms with van der Waals surface area (Å²) in [4.78, 5) is 0. The standard InChI is InChI=1S/C17H14/c1-13-6-4-9-15(12-13)17-11-5-8-14-7-2-3-10-16(14)17/h2-12H,1H3. The van der Waals surface area contributed by atoms with Crippen LogP contribution in [0.2, 0.25) is 0 Å². The normalized spacial score (nSPS) is 10.6. The second-order valence-electron chi connectivity index (χ2n) is 4.40. The highest BCUT2D eigenvalue weighted by Crippen LogP contribution is 2.28. The van der Waals surface area contributed by atoms with Crippen molar-refractivity contribution < 1.29 is 0 Å². The predicted molar refractivity (Wildman–Crippen MR) is 74.1 cm³/mol. The van der Waals surface area contributed by atoms with E-state index in [0.29, 0.717) is 0 Å². The van der Waals surface area contributed by atoms with Crippen LogP contribution in [0.15, 0.2) is 66.7 Å². The van der Waals surface area contributed by atoms with E-state index in [0.717, 1.165) is 0 Å². The number of fused-ring (bicyclic) bond motifs is 1. The van der Waals surface area contributed by atoms with Crippen molar-refractivity contribution in [3.05, 3.63) is 72.3 Å². The van der Waals surface area contributed by atoms with Crippen molar-refractivity contribution in [1.29, 1.82) is 0 Å². The first-order valence-electron chi connectivity index (χ1n) is 5.89. The first-order valence-corrected chi connectivity index (χ1v) is 5.89. The fraction of sp³-hybridized carbons (Fsp3) is 0.0588. The van der Waals surface area contributed by atoms with Crippen LogP contribution in [0.3, 0.4) is 0 Å². The summed E-state index contributed by atoms with van der Waals surface area (Å²) in [6.07, 6.45) is 0. The molecule has 0 aliphatic heterocycles. The van der Waals surface area contributed by atoms with Gasteiger partial charge >= 0.3 is 0 Å². The van der Waals surface area contributed by atoms with Gasteiger partial charge in [0.05, 0.1) is 0 Å². The van der Waals surface area contributed by atoms with Crippen LogP contribution in [-0.2, 0) is 0 Å². The van der Waals surface area contributed by atoms with Crippen molar-refractivity contribution in [3.8, 4) is 11.1 Å². The van der Waals surface area contributed by atoms with Crippen LogP contribution in [0.25, 0.3) is 21.9 Å². The van der Waals surface area contributed by atoms with Crippen LogP contribution in [0.4, 0.5) is 0 Å². The van der Waals surface area contributed by atoms with Crippen LogP contribution >= 0.6 is 0 Å². The van der Waals surface area contributed by atoms with Crippen molar-refractivity contribution in [2.24, 2.45) is 0 Å². The molecule has 0 atom stereocenters. The maximum atomic E-state index is 2.24. The number of hydrogen-bond donors (Lipinski definition) is 0. The van der Waals surface area contributed by atoms with Crippen LogP contribution in [0.1, 0.15) is 5.56 Å². The summed E-state index contributed by atoms with van der Waals surface area (Å²) in [5.74, 6) is 0. The molecule has 0 nitrogen and oxygen atoms in total. The largest absolute Gasteiger partial charge is 0.0616 e. The van der Waals surface area contributed by atoms with Gasteiger partial charge in [-0.2, -0.15) is 0 Å². The SMILES string of the molecule is Cc1cccc(-c2cccc3ccccc23)c1. The topological polar surface area (TPSA) is 0 Å². The van der Waals surface area contributed by atoms with Gasteiger partial charge in [0.25, 0.3) is 0 Å². The molecule has 0 amide bonds. The quantitative estimate of drug-likeness (QED) is 0.549. The third-order valence-electron chi connectivity index (χ3n) is 3.12. The fourth-order valence-corrected chi connectivity index (χ4v) is 2.29. The van der Waals surface area contributed by atoms with Gasteiger partial charge in [0.15, 0.2) is 0 Å². The summed E-state index contributed by atoms with van der Waals surface area (Å²) >= 11 is 0. The van der Waals surface area contributed by atoms with Gasteiger partial charge in [-0.15, -0.1) is 0 Å². The molecule has 17 heavy (non-hydrogen) atoms. The Morgan fingerprint density at radius 3 is 2.35 bits per heavy atom. The van der Waals surface area contributed by atoms with Crippen molar-refractivity contribution in [2.75, 3.05) is 0 Å². The Balaban J connectivity index is 2.30. The van der Waals surface area contributed by atoms with Gasteiger partial charge in [0, 0.05) is 0 Å². The van der Waals surface area contributed by atoms with Crippen molar-refractivity contribution in [3.63, 3.8) is 0 Å². The molecular weight excluding hydrogens is 204 g/mol. The first kappa shape index (κ1) is 10.1. The van der Waals surface area contributed by atoms with E-state index in [1.54, 1.807) is 0 Å². The zero-order valence-electron chi connectivity index (χ0n) is 9.85. The first-order chi connectivity index (χ1) is 8.34. The third kappa shape index (κ3) is 1.83. The van der Waals surface area contributed by atoms with Gasteiger partial charge in [-0.25, -0.2) is 0 Å². The predicted octanol–water partition coefficient (Wildman–Crippen LogP) is 4.82. The van der Waals surface area contributed by atoms with Crippen LogP contribution in [-0.4, -0.2) is 0 Å². The Kier molecular flexibility index (Phi) is 2.41. The van der Waals surface area contributed by atoms with Gasteiger partial charge in [0.2, 0.25) is 0 Å². The Hall–Kier alpha value is -2.08. The number of aryl methyl sites for hydroxylation is 1. The molecule has 3 aromatic carbocycles. The van der Waals surface area contributed by atoms with Crippen molar-refractivity contribution in [2.45, 2.75) is 6.92 Å². The van der Waals surface area contributed by atoms with E-state index in [9.17, 15) is 0 Å². The summed E-state index contributed by atoms with van der Waals surface area (Å²) in [5, 5.41) is 2.62. The highest BCUT2D eigenvalue weighted by atomic mass is 14.1. The van der Waals surface area contributed by atoms with E-state index in [2.05, 4.69) is 73.7 Å². The molecule has 82 valence electrons. The van der Waals surface area contributed by atoms with E-state index >= 15 is 0 Å². The lowest BCUT2D eigenvalue weighted by molar-refractivity contribution is 1.47. The minimum absolute atomic E-state index is 1.29. The smallest absolute Gasteiger partial charge is 0.0105 e. The van der Waals surface area contributed by atoms with E-state index in [-0.39, 0.29) is 0 Å². The Bertz CT molecular complexity index is 660. The van der Waals surface area contributed by atoms with Crippen molar-refractivity contribution in [1.82, 2.24) is 0 Å². The second-order valence-corrected chi connectivity index (χ2v) is 4.40. The zero-order chi connectivity index (χ0) is 11.7. The molecule has 0 heterocycles. The Labute approximate surface area is 102 Å². The molecule has 0 saturated heterocycles. The monoisotopic (exact) mass is 218 g/mol. The van der Waals surface area contributed by atoms with Gasteiger partial charge in [-0.05, 0) is 28.8 Å². The minimum Gasteiger partial charge on any atom is -0.0616 e. The summed E-state index contributed by atoms with van der Waals surface area (Å²) in [6, 6.07) is 23.7. The molecule has 0 spiro atoms. The average molecular weight is 218 g/mol. The Morgan fingerprint density at radius 1 is 0.706 bits per heavy atom. The van der Waals surface area contributed by atoms with Crippen molar-refractivity contribution >= 4 is 10.8 Å². The Morgan fingerprint density at radius 2 is 1.47 bits per heavy atom. The third-order valence-corrected chi connectivity index (χ3v) is 3.12. The van der Waals surface area contributed by atoms with E-state index in [4.69, 9.17) is 0 Å². The average Bonchev–Trinajstić information content (AvgIpc) is 2.38. The number of hydrogen-bond acceptors (Lipinski definition) is 0. The maximum Gasteiger partial charge on any atom is -0.0105 e. The van der Waals surface area contributed by atoms with Crippen LogP contribution < -0.4 is 0 Å². The molecule has 0 N–H and O–H groups in total. The summed E-state index contributed by atoms with van der Waals surface area (Å²) in [5.41, 5.74) is 3.91. The zero-order valence-corrected chi connectivity index (χ0v) is 9.85.